The zero-order valence-electron chi connectivity index (χ0n) is 10.5. The van der Waals surface area contributed by atoms with E-state index in [9.17, 15) is 5.11 Å². The highest BCUT2D eigenvalue weighted by molar-refractivity contribution is 5.13. The van der Waals surface area contributed by atoms with Gasteiger partial charge in [-0.2, -0.15) is 0 Å². The van der Waals surface area contributed by atoms with Crippen LogP contribution in [0.25, 0.3) is 0 Å². The van der Waals surface area contributed by atoms with Gasteiger partial charge in [-0.25, -0.2) is 0 Å². The van der Waals surface area contributed by atoms with Crippen LogP contribution in [0.3, 0.4) is 0 Å². The van der Waals surface area contributed by atoms with Gasteiger partial charge in [-0.3, -0.25) is 0 Å². The van der Waals surface area contributed by atoms with Gasteiger partial charge in [0, 0.05) is 6.04 Å². The monoisotopic (exact) mass is 251 g/mol. The molecule has 0 aromatic heterocycles. The van der Waals surface area contributed by atoms with Crippen molar-refractivity contribution >= 4 is 0 Å². The van der Waals surface area contributed by atoms with Crippen molar-refractivity contribution in [1.29, 1.82) is 0 Å². The van der Waals surface area contributed by atoms with Gasteiger partial charge in [0.1, 0.15) is 0 Å². The van der Waals surface area contributed by atoms with Crippen molar-refractivity contribution in [3.05, 3.63) is 35.9 Å². The summed E-state index contributed by atoms with van der Waals surface area (Å²) in [5.41, 5.74) is 0.740. The molecule has 4 nitrogen and oxygen atoms in total. The molecule has 2 rings (SSSR count). The molecular weight excluding hydrogens is 230 g/mol. The molecule has 1 aromatic rings. The molecule has 0 aliphatic carbocycles. The second-order valence-electron chi connectivity index (χ2n) is 4.98. The maximum Gasteiger partial charge on any atom is 0.0717 e. The van der Waals surface area contributed by atoms with Gasteiger partial charge in [-0.1, -0.05) is 30.3 Å². The van der Waals surface area contributed by atoms with Crippen LogP contribution in [0.4, 0.5) is 0 Å². The largest absolute Gasteiger partial charge is 0.395 e. The number of nitrogens with one attached hydrogen (secondary N) is 1. The SMILES string of the molecule is OCC1CCC(CO)(COCc2ccccc2)N1. The van der Waals surface area contributed by atoms with E-state index < -0.39 is 0 Å². The molecule has 1 heterocycles. The van der Waals surface area contributed by atoms with Gasteiger partial charge < -0.3 is 20.3 Å². The minimum Gasteiger partial charge on any atom is -0.395 e. The maximum atomic E-state index is 9.50. The van der Waals surface area contributed by atoms with Crippen LogP contribution >= 0.6 is 0 Å². The van der Waals surface area contributed by atoms with Crippen molar-refractivity contribution < 1.29 is 14.9 Å². The lowest BCUT2D eigenvalue weighted by atomic mass is 10.00. The van der Waals surface area contributed by atoms with E-state index >= 15 is 0 Å². The smallest absolute Gasteiger partial charge is 0.0717 e. The average molecular weight is 251 g/mol. The predicted molar refractivity (Wildman–Crippen MR) is 69.2 cm³/mol. The van der Waals surface area contributed by atoms with Crippen molar-refractivity contribution in [1.82, 2.24) is 5.32 Å². The van der Waals surface area contributed by atoms with Crippen LogP contribution in [-0.4, -0.2) is 41.6 Å². The fraction of sp³-hybridized carbons (Fsp3) is 0.571. The lowest BCUT2D eigenvalue weighted by Crippen LogP contribution is -2.50. The van der Waals surface area contributed by atoms with Crippen LogP contribution in [-0.2, 0) is 11.3 Å². The first-order valence-electron chi connectivity index (χ1n) is 6.39. The Morgan fingerprint density at radius 1 is 1.28 bits per heavy atom. The summed E-state index contributed by atoms with van der Waals surface area (Å²) in [6.07, 6.45) is 1.72. The summed E-state index contributed by atoms with van der Waals surface area (Å²) in [6, 6.07) is 10.1. The molecule has 2 atom stereocenters. The minimum absolute atomic E-state index is 0.0400. The quantitative estimate of drug-likeness (QED) is 0.696. The summed E-state index contributed by atoms with van der Waals surface area (Å²) < 4.78 is 5.69. The second-order valence-corrected chi connectivity index (χ2v) is 4.98. The molecule has 1 saturated heterocycles. The van der Waals surface area contributed by atoms with E-state index in [0.717, 1.165) is 18.4 Å². The third-order valence-corrected chi connectivity index (χ3v) is 3.49. The number of aliphatic hydroxyl groups excluding tert-OH is 2. The van der Waals surface area contributed by atoms with E-state index in [1.807, 2.05) is 30.3 Å². The van der Waals surface area contributed by atoms with Gasteiger partial charge >= 0.3 is 0 Å². The van der Waals surface area contributed by atoms with Crippen LogP contribution in [0.15, 0.2) is 30.3 Å². The third-order valence-electron chi connectivity index (χ3n) is 3.49. The summed E-state index contributed by atoms with van der Waals surface area (Å²) in [5.74, 6) is 0. The number of hydrogen-bond acceptors (Lipinski definition) is 4. The average Bonchev–Trinajstić information content (AvgIpc) is 2.84. The Bertz CT molecular complexity index is 357. The molecular formula is C14H21NO3. The Morgan fingerprint density at radius 2 is 2.06 bits per heavy atom. The van der Waals surface area contributed by atoms with E-state index in [-0.39, 0.29) is 24.8 Å². The normalized spacial score (nSPS) is 27.6. The first kappa shape index (κ1) is 13.5. The Morgan fingerprint density at radius 3 is 2.67 bits per heavy atom. The number of benzene rings is 1. The molecule has 3 N–H and O–H groups in total. The molecule has 1 aromatic carbocycles. The molecule has 0 spiro atoms. The molecule has 1 aliphatic heterocycles. The molecule has 0 bridgehead atoms. The minimum atomic E-state index is -0.387. The molecule has 0 saturated carbocycles. The van der Waals surface area contributed by atoms with E-state index in [1.54, 1.807) is 0 Å². The van der Waals surface area contributed by atoms with E-state index in [4.69, 9.17) is 9.84 Å². The first-order chi connectivity index (χ1) is 8.78. The number of ether oxygens (including phenoxy) is 1. The lowest BCUT2D eigenvalue weighted by Gasteiger charge is -2.28. The molecule has 100 valence electrons. The first-order valence-corrected chi connectivity index (χ1v) is 6.39. The summed E-state index contributed by atoms with van der Waals surface area (Å²) in [4.78, 5) is 0. The Labute approximate surface area is 108 Å². The van der Waals surface area contributed by atoms with Crippen molar-refractivity contribution in [2.75, 3.05) is 19.8 Å². The third kappa shape index (κ3) is 3.29. The van der Waals surface area contributed by atoms with Crippen molar-refractivity contribution in [3.8, 4) is 0 Å². The maximum absolute atomic E-state index is 9.50. The van der Waals surface area contributed by atoms with Gasteiger partial charge in [0.25, 0.3) is 0 Å². The van der Waals surface area contributed by atoms with Gasteiger partial charge in [0.15, 0.2) is 0 Å². The van der Waals surface area contributed by atoms with Crippen molar-refractivity contribution in [2.24, 2.45) is 0 Å². The van der Waals surface area contributed by atoms with E-state index in [0.29, 0.717) is 13.2 Å². The van der Waals surface area contributed by atoms with Crippen molar-refractivity contribution in [2.45, 2.75) is 31.0 Å². The highest BCUT2D eigenvalue weighted by Crippen LogP contribution is 2.23. The summed E-state index contributed by atoms with van der Waals surface area (Å²) >= 11 is 0. The van der Waals surface area contributed by atoms with Crippen LogP contribution < -0.4 is 5.32 Å². The van der Waals surface area contributed by atoms with Gasteiger partial charge in [0.2, 0.25) is 0 Å². The van der Waals surface area contributed by atoms with Gasteiger partial charge in [0.05, 0.1) is 32.0 Å². The molecule has 1 fully saturated rings. The van der Waals surface area contributed by atoms with Gasteiger partial charge in [-0.15, -0.1) is 0 Å². The molecule has 0 amide bonds. The highest BCUT2D eigenvalue weighted by Gasteiger charge is 2.37. The fourth-order valence-corrected chi connectivity index (χ4v) is 2.39. The number of aliphatic hydroxyl groups is 2. The zero-order chi connectivity index (χ0) is 12.8. The van der Waals surface area contributed by atoms with Crippen LogP contribution in [0, 0.1) is 0 Å². The number of rotatable bonds is 6. The Balaban J connectivity index is 1.81. The molecule has 18 heavy (non-hydrogen) atoms. The zero-order valence-corrected chi connectivity index (χ0v) is 10.5. The standard InChI is InChI=1S/C14H21NO3/c16-8-13-6-7-14(10-17,15-13)11-18-9-12-4-2-1-3-5-12/h1-5,13,15-17H,6-11H2. The van der Waals surface area contributed by atoms with Crippen LogP contribution in [0.2, 0.25) is 0 Å². The van der Waals surface area contributed by atoms with E-state index in [2.05, 4.69) is 5.32 Å². The molecule has 2 unspecified atom stereocenters. The Kier molecular flexibility index (Phi) is 4.72. The van der Waals surface area contributed by atoms with Gasteiger partial charge in [-0.05, 0) is 18.4 Å². The summed E-state index contributed by atoms with van der Waals surface area (Å²) in [6.45, 7) is 1.17. The summed E-state index contributed by atoms with van der Waals surface area (Å²) in [5, 5.41) is 21.9. The molecule has 1 aliphatic rings. The van der Waals surface area contributed by atoms with E-state index in [1.165, 1.54) is 0 Å². The second kappa shape index (κ2) is 6.29. The Hall–Kier alpha value is -0.940. The molecule has 0 radical (unpaired) electrons. The highest BCUT2D eigenvalue weighted by atomic mass is 16.5. The summed E-state index contributed by atoms with van der Waals surface area (Å²) in [7, 11) is 0. The topological polar surface area (TPSA) is 61.7 Å². The lowest BCUT2D eigenvalue weighted by molar-refractivity contribution is 0.0327. The molecule has 4 heteroatoms. The number of hydrogen-bond donors (Lipinski definition) is 3. The van der Waals surface area contributed by atoms with Crippen LogP contribution in [0.5, 0.6) is 0 Å². The van der Waals surface area contributed by atoms with Crippen LogP contribution in [0.1, 0.15) is 18.4 Å². The fourth-order valence-electron chi connectivity index (χ4n) is 2.39. The van der Waals surface area contributed by atoms with Crippen molar-refractivity contribution in [3.63, 3.8) is 0 Å². The predicted octanol–water partition coefficient (Wildman–Crippen LogP) is 0.679.